The Bertz CT molecular complexity index is 833. The zero-order chi connectivity index (χ0) is 15.0. The van der Waals surface area contributed by atoms with Crippen molar-refractivity contribution in [2.24, 2.45) is 0 Å². The molecule has 0 aliphatic carbocycles. The fourth-order valence-corrected chi connectivity index (χ4v) is 2.13. The number of hydrogen-bond acceptors (Lipinski definition) is 3. The van der Waals surface area contributed by atoms with Gasteiger partial charge in [0.05, 0.1) is 11.9 Å². The van der Waals surface area contributed by atoms with Gasteiger partial charge in [-0.3, -0.25) is 4.79 Å². The van der Waals surface area contributed by atoms with E-state index in [0.29, 0.717) is 5.65 Å². The molecular formula is C14H10ClFN4O. The summed E-state index contributed by atoms with van der Waals surface area (Å²) in [5.74, 6) is -0.992. The third-order valence-corrected chi connectivity index (χ3v) is 3.31. The number of anilines is 1. The molecule has 0 spiro atoms. The van der Waals surface area contributed by atoms with E-state index >= 15 is 0 Å². The van der Waals surface area contributed by atoms with Gasteiger partial charge in [-0.1, -0.05) is 11.6 Å². The third-order valence-electron chi connectivity index (χ3n) is 3.07. The summed E-state index contributed by atoms with van der Waals surface area (Å²) >= 11 is 5.70. The van der Waals surface area contributed by atoms with Gasteiger partial charge in [-0.2, -0.15) is 0 Å². The quantitative estimate of drug-likeness (QED) is 0.731. The van der Waals surface area contributed by atoms with Gasteiger partial charge in [-0.05, 0) is 18.2 Å². The first kappa shape index (κ1) is 13.5. The normalized spacial score (nSPS) is 10.8. The average Bonchev–Trinajstić information content (AvgIpc) is 2.93. The number of imidazole rings is 1. The number of carbonyl (C=O) groups is 1. The minimum absolute atomic E-state index is 0.136. The summed E-state index contributed by atoms with van der Waals surface area (Å²) < 4.78 is 15.5. The number of aromatic nitrogens is 3. The van der Waals surface area contributed by atoms with Crippen molar-refractivity contribution in [1.29, 1.82) is 0 Å². The molecule has 0 fully saturated rings. The van der Waals surface area contributed by atoms with Crippen molar-refractivity contribution in [3.05, 3.63) is 59.5 Å². The molecule has 0 atom stereocenters. The van der Waals surface area contributed by atoms with Gasteiger partial charge in [0.2, 0.25) is 0 Å². The Kier molecular flexibility index (Phi) is 3.31. The number of nitrogens with zero attached hydrogens (tertiary/aromatic N) is 4. The lowest BCUT2D eigenvalue weighted by atomic mass is 10.2. The van der Waals surface area contributed by atoms with Crippen molar-refractivity contribution < 1.29 is 9.18 Å². The maximum Gasteiger partial charge on any atom is 0.278 e. The van der Waals surface area contributed by atoms with Gasteiger partial charge in [0.15, 0.2) is 5.65 Å². The van der Waals surface area contributed by atoms with Crippen LogP contribution < -0.4 is 4.90 Å². The van der Waals surface area contributed by atoms with E-state index in [-0.39, 0.29) is 16.4 Å². The molecule has 0 saturated carbocycles. The first-order valence-corrected chi connectivity index (χ1v) is 6.46. The summed E-state index contributed by atoms with van der Waals surface area (Å²) in [7, 11) is 1.48. The Balaban J connectivity index is 1.96. The summed E-state index contributed by atoms with van der Waals surface area (Å²) in [6, 6.07) is 4.13. The zero-order valence-corrected chi connectivity index (χ0v) is 11.8. The molecule has 106 valence electrons. The second-order valence-electron chi connectivity index (χ2n) is 4.43. The second-order valence-corrected chi connectivity index (χ2v) is 4.86. The molecule has 21 heavy (non-hydrogen) atoms. The number of fused-ring (bicyclic) bond motifs is 1. The Hall–Kier alpha value is -2.47. The van der Waals surface area contributed by atoms with Crippen LogP contribution in [0.15, 0.2) is 43.0 Å². The maximum atomic E-state index is 13.9. The monoisotopic (exact) mass is 304 g/mol. The zero-order valence-electron chi connectivity index (χ0n) is 11.0. The predicted octanol–water partition coefficient (Wildman–Crippen LogP) is 2.80. The molecule has 0 aliphatic heterocycles. The van der Waals surface area contributed by atoms with Crippen LogP contribution in [-0.4, -0.2) is 27.3 Å². The van der Waals surface area contributed by atoms with Crippen LogP contribution in [0.25, 0.3) is 5.65 Å². The second kappa shape index (κ2) is 5.14. The first-order valence-electron chi connectivity index (χ1n) is 6.08. The van der Waals surface area contributed by atoms with Gasteiger partial charge in [-0.25, -0.2) is 14.4 Å². The van der Waals surface area contributed by atoms with Crippen LogP contribution in [0.5, 0.6) is 0 Å². The highest BCUT2D eigenvalue weighted by molar-refractivity contribution is 6.30. The van der Waals surface area contributed by atoms with Crippen LogP contribution >= 0.6 is 11.6 Å². The maximum absolute atomic E-state index is 13.9. The molecule has 3 aromatic rings. The van der Waals surface area contributed by atoms with E-state index in [4.69, 9.17) is 11.6 Å². The van der Waals surface area contributed by atoms with Crippen molar-refractivity contribution in [3.63, 3.8) is 0 Å². The van der Waals surface area contributed by atoms with Crippen LogP contribution in [0.2, 0.25) is 5.02 Å². The number of halogens is 2. The van der Waals surface area contributed by atoms with Crippen molar-refractivity contribution in [2.75, 3.05) is 11.9 Å². The van der Waals surface area contributed by atoms with E-state index in [1.165, 1.54) is 30.3 Å². The lowest BCUT2D eigenvalue weighted by molar-refractivity contribution is 0.0987. The Morgan fingerprint density at radius 2 is 2.19 bits per heavy atom. The Labute approximate surface area is 124 Å². The highest BCUT2D eigenvalue weighted by Crippen LogP contribution is 2.23. The highest BCUT2D eigenvalue weighted by Gasteiger charge is 2.18. The molecule has 0 bridgehead atoms. The fourth-order valence-electron chi connectivity index (χ4n) is 1.97. The lowest BCUT2D eigenvalue weighted by Gasteiger charge is -2.17. The number of carbonyl (C=O) groups excluding carboxylic acids is 1. The van der Waals surface area contributed by atoms with E-state index in [2.05, 4.69) is 9.97 Å². The van der Waals surface area contributed by atoms with Crippen LogP contribution in [0.4, 0.5) is 10.1 Å². The van der Waals surface area contributed by atoms with Crippen LogP contribution in [-0.2, 0) is 0 Å². The molecule has 2 heterocycles. The molecule has 0 N–H and O–H groups in total. The molecule has 0 unspecified atom stereocenters. The number of benzene rings is 1. The average molecular weight is 305 g/mol. The number of rotatable bonds is 2. The molecule has 2 aromatic heterocycles. The molecule has 5 nitrogen and oxygen atoms in total. The Morgan fingerprint density at radius 3 is 2.95 bits per heavy atom. The summed E-state index contributed by atoms with van der Waals surface area (Å²) in [6.45, 7) is 0. The van der Waals surface area contributed by atoms with Crippen LogP contribution in [0.1, 0.15) is 10.5 Å². The van der Waals surface area contributed by atoms with Gasteiger partial charge < -0.3 is 9.30 Å². The molecular weight excluding hydrogens is 295 g/mol. The summed E-state index contributed by atoms with van der Waals surface area (Å²) in [5, 5.41) is 0.273. The predicted molar refractivity (Wildman–Crippen MR) is 77.1 cm³/mol. The highest BCUT2D eigenvalue weighted by atomic mass is 35.5. The van der Waals surface area contributed by atoms with Crippen molar-refractivity contribution in [3.8, 4) is 0 Å². The molecule has 0 aliphatic rings. The lowest BCUT2D eigenvalue weighted by Crippen LogP contribution is -2.28. The number of hydrogen-bond donors (Lipinski definition) is 0. The van der Waals surface area contributed by atoms with Crippen LogP contribution in [0, 0.1) is 5.82 Å². The van der Waals surface area contributed by atoms with Gasteiger partial charge in [0.1, 0.15) is 11.5 Å². The molecule has 0 saturated heterocycles. The van der Waals surface area contributed by atoms with Gasteiger partial charge in [0, 0.05) is 30.7 Å². The molecule has 7 heteroatoms. The van der Waals surface area contributed by atoms with Crippen molar-refractivity contribution >= 4 is 28.8 Å². The molecule has 1 amide bonds. The van der Waals surface area contributed by atoms with E-state index in [1.54, 1.807) is 23.0 Å². The SMILES string of the molecule is CN(C(=O)c1cn2ccnc2cn1)c1ccc(Cl)cc1F. The van der Waals surface area contributed by atoms with E-state index < -0.39 is 11.7 Å². The van der Waals surface area contributed by atoms with Crippen molar-refractivity contribution in [1.82, 2.24) is 14.4 Å². The Morgan fingerprint density at radius 1 is 1.38 bits per heavy atom. The number of amides is 1. The van der Waals surface area contributed by atoms with Gasteiger partial charge in [0.25, 0.3) is 5.91 Å². The molecule has 3 rings (SSSR count). The standard InChI is InChI=1S/C14H10ClFN4O/c1-19(12-3-2-9(15)6-10(12)16)14(21)11-8-20-5-4-17-13(20)7-18-11/h2-8H,1H3. The van der Waals surface area contributed by atoms with Crippen molar-refractivity contribution in [2.45, 2.75) is 0 Å². The smallest absolute Gasteiger partial charge is 0.278 e. The fraction of sp³-hybridized carbons (Fsp3) is 0.0714. The van der Waals surface area contributed by atoms with Gasteiger partial charge >= 0.3 is 0 Å². The van der Waals surface area contributed by atoms with E-state index in [0.717, 1.165) is 6.07 Å². The summed E-state index contributed by atoms with van der Waals surface area (Å²) in [5.41, 5.74) is 0.959. The van der Waals surface area contributed by atoms with Gasteiger partial charge in [-0.15, -0.1) is 0 Å². The third kappa shape index (κ3) is 2.45. The first-order chi connectivity index (χ1) is 10.1. The molecule has 1 aromatic carbocycles. The largest absolute Gasteiger partial charge is 0.307 e. The minimum Gasteiger partial charge on any atom is -0.307 e. The summed E-state index contributed by atoms with van der Waals surface area (Å²) in [6.07, 6.45) is 6.35. The van der Waals surface area contributed by atoms with E-state index in [9.17, 15) is 9.18 Å². The summed E-state index contributed by atoms with van der Waals surface area (Å²) in [4.78, 5) is 21.7. The van der Waals surface area contributed by atoms with E-state index in [1.807, 2.05) is 0 Å². The van der Waals surface area contributed by atoms with Crippen LogP contribution in [0.3, 0.4) is 0 Å². The topological polar surface area (TPSA) is 50.5 Å². The minimum atomic E-state index is -0.568. The molecule has 0 radical (unpaired) electrons.